The van der Waals surface area contributed by atoms with Gasteiger partial charge in [-0.05, 0) is 84.8 Å². The molecule has 0 amide bonds. The van der Waals surface area contributed by atoms with Crippen molar-refractivity contribution in [1.82, 2.24) is 0 Å². The van der Waals surface area contributed by atoms with E-state index >= 15 is 0 Å². The summed E-state index contributed by atoms with van der Waals surface area (Å²) in [6, 6.07) is 18.5. The van der Waals surface area contributed by atoms with Crippen molar-refractivity contribution in [1.29, 1.82) is 0 Å². The first-order valence-electron chi connectivity index (χ1n) is 35.0. The zero-order valence-corrected chi connectivity index (χ0v) is 55.6. The Balaban J connectivity index is 0. The van der Waals surface area contributed by atoms with E-state index in [0.29, 0.717) is 0 Å². The molecule has 0 radical (unpaired) electrons. The molecule has 2 aromatic rings. The van der Waals surface area contributed by atoms with Crippen molar-refractivity contribution in [2.75, 3.05) is 0 Å². The second kappa shape index (κ2) is 65.2. The van der Waals surface area contributed by atoms with Crippen LogP contribution in [0.2, 0.25) is 0 Å². The van der Waals surface area contributed by atoms with Crippen LogP contribution in [0.25, 0.3) is 11.1 Å². The SMILES string of the molecule is CCCCCCc1cccc(C(=C(CCCCC)C(=C=[N+]=[N-])CCCC)c2ccc(CCCCC)cc2)c1.[CH2-]CCCCCCCCCCCCCCCCCCC.[CH2-]CCCCCCCCCCCCCCCCCCC.[Pd+2]. The molecule has 0 aromatic heterocycles. The summed E-state index contributed by atoms with van der Waals surface area (Å²) in [5.74, 6) is 3.01. The van der Waals surface area contributed by atoms with E-state index in [1.165, 1.54) is 309 Å². The monoisotopic (exact) mass is 1180 g/mol. The van der Waals surface area contributed by atoms with E-state index in [-0.39, 0.29) is 20.4 Å². The van der Waals surface area contributed by atoms with Gasteiger partial charge >= 0.3 is 26.3 Å². The fourth-order valence-electron chi connectivity index (χ4n) is 11.0. The van der Waals surface area contributed by atoms with Crippen LogP contribution in [0.3, 0.4) is 0 Å². The first kappa shape index (κ1) is 79.1. The number of rotatable bonds is 53. The molecule has 0 saturated carbocycles. The van der Waals surface area contributed by atoms with Gasteiger partial charge in [-0.25, -0.2) is 0 Å². The number of unbranched alkanes of at least 4 members (excludes halogenated alkanes) is 42. The molecule has 0 heterocycles. The molecule has 0 bridgehead atoms. The van der Waals surface area contributed by atoms with Crippen molar-refractivity contribution < 1.29 is 25.2 Å². The van der Waals surface area contributed by atoms with Gasteiger partial charge in [-0.2, -0.15) is 12.8 Å². The van der Waals surface area contributed by atoms with E-state index in [9.17, 15) is 5.53 Å². The van der Waals surface area contributed by atoms with Gasteiger partial charge in [0.1, 0.15) is 0 Å². The zero-order chi connectivity index (χ0) is 56.9. The van der Waals surface area contributed by atoms with E-state index in [2.05, 4.69) is 115 Å². The minimum atomic E-state index is 0. The molecular weight excluding hydrogens is 1050 g/mol. The van der Waals surface area contributed by atoms with Crippen molar-refractivity contribution in [3.8, 4) is 0 Å². The molecule has 0 saturated heterocycles. The third-order valence-corrected chi connectivity index (χ3v) is 16.2. The Morgan fingerprint density at radius 1 is 0.354 bits per heavy atom. The van der Waals surface area contributed by atoms with Gasteiger partial charge in [0.25, 0.3) is 0 Å². The fraction of sp³-hybridized carbons (Fsp3) is 0.763. The third-order valence-electron chi connectivity index (χ3n) is 16.2. The summed E-state index contributed by atoms with van der Waals surface area (Å²) in [6.45, 7) is 21.4. The van der Waals surface area contributed by atoms with Gasteiger partial charge in [0.2, 0.25) is 0 Å². The minimum absolute atomic E-state index is 0. The van der Waals surface area contributed by atoms with Gasteiger partial charge in [0.15, 0.2) is 0 Å². The van der Waals surface area contributed by atoms with Crippen LogP contribution in [-0.2, 0) is 33.3 Å². The Morgan fingerprint density at radius 3 is 1.06 bits per heavy atom. The topological polar surface area (TPSA) is 36.4 Å². The number of benzene rings is 2. The molecule has 0 aliphatic heterocycles. The Morgan fingerprint density at radius 2 is 0.684 bits per heavy atom. The van der Waals surface area contributed by atoms with Crippen LogP contribution in [0.5, 0.6) is 0 Å². The molecular formula is C76H134N2Pd. The maximum Gasteiger partial charge on any atom is 2.00 e. The largest absolute Gasteiger partial charge is 2.00 e. The van der Waals surface area contributed by atoms with Crippen LogP contribution in [0.1, 0.15) is 385 Å². The molecule has 2 nitrogen and oxygen atoms in total. The Labute approximate surface area is 510 Å². The van der Waals surface area contributed by atoms with Crippen LogP contribution in [0.15, 0.2) is 59.7 Å². The summed E-state index contributed by atoms with van der Waals surface area (Å²) in [5, 5.41) is 0. The molecule has 0 spiro atoms. The predicted molar refractivity (Wildman–Crippen MR) is 354 cm³/mol. The Kier molecular flexibility index (Phi) is 65.2. The molecule has 2 aromatic carbocycles. The van der Waals surface area contributed by atoms with E-state index in [0.717, 1.165) is 63.4 Å². The second-order valence-corrected chi connectivity index (χ2v) is 23.8. The predicted octanol–water partition coefficient (Wildman–Crippen LogP) is 26.7. The molecule has 79 heavy (non-hydrogen) atoms. The molecule has 458 valence electrons. The Bertz CT molecular complexity index is 1570. The van der Waals surface area contributed by atoms with Gasteiger partial charge in [-0.3, -0.25) is 0 Å². The number of aryl methyl sites for hydroxylation is 2. The van der Waals surface area contributed by atoms with E-state index in [1.54, 1.807) is 0 Å². The Hall–Kier alpha value is -2.00. The zero-order valence-electron chi connectivity index (χ0n) is 54.0. The van der Waals surface area contributed by atoms with Crippen molar-refractivity contribution in [2.24, 2.45) is 0 Å². The fourth-order valence-corrected chi connectivity index (χ4v) is 11.0. The van der Waals surface area contributed by atoms with Crippen LogP contribution < -0.4 is 0 Å². The van der Waals surface area contributed by atoms with Crippen LogP contribution >= 0.6 is 0 Å². The average molecular weight is 1180 g/mol. The van der Waals surface area contributed by atoms with E-state index in [4.69, 9.17) is 0 Å². The number of allylic oxidation sites excluding steroid dienone is 2. The van der Waals surface area contributed by atoms with Crippen LogP contribution in [0, 0.1) is 13.8 Å². The molecule has 0 fully saturated rings. The van der Waals surface area contributed by atoms with Gasteiger partial charge in [-0.1, -0.05) is 360 Å². The summed E-state index contributed by atoms with van der Waals surface area (Å²) in [4.78, 5) is 3.42. The van der Waals surface area contributed by atoms with E-state index < -0.39 is 0 Å². The third kappa shape index (κ3) is 50.3. The standard InChI is InChI=1S/C36H52N2.2C20H41.Pd/c1-5-9-13-16-19-31-20-17-22-33(28-31)36(32-26-24-30(25-27-32)18-14-10-6-2)35(23-15-11-7-3)34(29-38-37)21-12-8-4;2*1-3-5-7-9-11-13-15-17-19-20-18-16-14-12-10-8-6-4-2;/h17,20,22,24-28H,5-16,18-19,21,23H2,1-4H3;2*1,3-20H2,2H3;/q;2*-1;+2. The smallest absolute Gasteiger partial charge is 0.348 e. The summed E-state index contributed by atoms with van der Waals surface area (Å²) in [6.07, 6.45) is 70.3. The van der Waals surface area contributed by atoms with Crippen molar-refractivity contribution in [2.45, 2.75) is 375 Å². The van der Waals surface area contributed by atoms with Crippen LogP contribution in [-0.4, -0.2) is 10.7 Å². The maximum atomic E-state index is 9.57. The van der Waals surface area contributed by atoms with Crippen LogP contribution in [0.4, 0.5) is 0 Å². The first-order chi connectivity index (χ1) is 38.5. The molecule has 2 rings (SSSR count). The van der Waals surface area contributed by atoms with Gasteiger partial charge in [0, 0.05) is 0 Å². The number of hydrogen-bond donors (Lipinski definition) is 0. The second-order valence-electron chi connectivity index (χ2n) is 23.8. The summed E-state index contributed by atoms with van der Waals surface area (Å²) in [7, 11) is 0. The van der Waals surface area contributed by atoms with E-state index in [1.807, 2.05) is 0 Å². The number of hydrogen-bond acceptors (Lipinski definition) is 0. The summed E-state index contributed by atoms with van der Waals surface area (Å²) >= 11 is 0. The molecule has 0 N–H and O–H groups in total. The maximum absolute atomic E-state index is 9.57. The van der Waals surface area contributed by atoms with Crippen molar-refractivity contribution in [3.05, 3.63) is 101 Å². The molecule has 0 atom stereocenters. The first-order valence-corrected chi connectivity index (χ1v) is 35.0. The molecule has 0 unspecified atom stereocenters. The summed E-state index contributed by atoms with van der Waals surface area (Å²) < 4.78 is 0. The van der Waals surface area contributed by atoms with Crippen molar-refractivity contribution >= 4 is 11.4 Å². The number of nitrogens with zero attached hydrogens (tertiary/aromatic N) is 2. The minimum Gasteiger partial charge on any atom is -0.348 e. The summed E-state index contributed by atoms with van der Waals surface area (Å²) in [5.41, 5.74) is 18.6. The van der Waals surface area contributed by atoms with Gasteiger partial charge < -0.3 is 19.4 Å². The van der Waals surface area contributed by atoms with Gasteiger partial charge in [0.05, 0.1) is 5.57 Å². The van der Waals surface area contributed by atoms with Crippen molar-refractivity contribution in [3.63, 3.8) is 0 Å². The average Bonchev–Trinajstić information content (AvgIpc) is 3.48. The molecule has 0 aliphatic carbocycles. The molecule has 3 heteroatoms. The molecule has 0 aliphatic rings. The van der Waals surface area contributed by atoms with Gasteiger partial charge in [-0.15, -0.1) is 4.79 Å². The normalized spacial score (nSPS) is 11.2. The quantitative estimate of drug-likeness (QED) is 0.0120.